The van der Waals surface area contributed by atoms with Crippen molar-refractivity contribution in [3.8, 4) is 17.1 Å². The van der Waals surface area contributed by atoms with Gasteiger partial charge in [-0.3, -0.25) is 4.98 Å². The van der Waals surface area contributed by atoms with E-state index in [1.807, 2.05) is 12.1 Å². The number of nitrogens with two attached hydrogens (primary N) is 1. The lowest BCUT2D eigenvalue weighted by Crippen LogP contribution is -1.97. The molecule has 18 heavy (non-hydrogen) atoms. The van der Waals surface area contributed by atoms with Crippen LogP contribution in [0.2, 0.25) is 0 Å². The summed E-state index contributed by atoms with van der Waals surface area (Å²) in [5.41, 5.74) is 7.41. The molecule has 0 aliphatic rings. The van der Waals surface area contributed by atoms with Crippen LogP contribution < -0.4 is 10.5 Å². The molecule has 0 saturated heterocycles. The predicted molar refractivity (Wildman–Crippen MR) is 68.1 cm³/mol. The molecule has 3 aromatic heterocycles. The second-order valence-corrected chi connectivity index (χ2v) is 3.75. The van der Waals surface area contributed by atoms with Crippen molar-refractivity contribution in [2.75, 3.05) is 12.8 Å². The normalized spacial score (nSPS) is 10.7. The van der Waals surface area contributed by atoms with E-state index in [0.717, 1.165) is 5.56 Å². The molecule has 3 rings (SSSR count). The molecule has 3 N–H and O–H groups in total. The van der Waals surface area contributed by atoms with Gasteiger partial charge in [0.2, 0.25) is 0 Å². The first-order chi connectivity index (χ1) is 8.79. The Hall–Kier alpha value is -2.63. The molecule has 3 aromatic rings. The first kappa shape index (κ1) is 10.5. The standard InChI is InChI=1S/C12H11N5O/c1-18-8-6-15-12-9(8)10(13)16-11(17-12)7-3-2-4-14-5-7/h2-6H,1H3,(H3,13,15,16,17). The first-order valence-corrected chi connectivity index (χ1v) is 5.38. The Morgan fingerprint density at radius 2 is 2.22 bits per heavy atom. The van der Waals surface area contributed by atoms with Crippen molar-refractivity contribution in [3.05, 3.63) is 30.7 Å². The Kier molecular flexibility index (Phi) is 2.33. The number of methoxy groups -OCH3 is 1. The highest BCUT2D eigenvalue weighted by Gasteiger charge is 2.12. The molecule has 6 heteroatoms. The fourth-order valence-electron chi connectivity index (χ4n) is 1.82. The molecular weight excluding hydrogens is 230 g/mol. The van der Waals surface area contributed by atoms with Gasteiger partial charge in [-0.05, 0) is 12.1 Å². The minimum Gasteiger partial charge on any atom is -0.494 e. The Balaban J connectivity index is 2.23. The number of nitrogens with zero attached hydrogens (tertiary/aromatic N) is 3. The van der Waals surface area contributed by atoms with E-state index in [2.05, 4.69) is 19.9 Å². The van der Waals surface area contributed by atoms with E-state index in [-0.39, 0.29) is 0 Å². The molecule has 0 aliphatic carbocycles. The molecule has 6 nitrogen and oxygen atoms in total. The number of nitrogens with one attached hydrogen (secondary N) is 1. The summed E-state index contributed by atoms with van der Waals surface area (Å²) in [7, 11) is 1.58. The molecule has 0 amide bonds. The zero-order valence-electron chi connectivity index (χ0n) is 9.71. The highest BCUT2D eigenvalue weighted by atomic mass is 16.5. The third-order valence-electron chi connectivity index (χ3n) is 2.66. The van der Waals surface area contributed by atoms with Crippen LogP contribution in [0.3, 0.4) is 0 Å². The Bertz CT molecular complexity index is 692. The van der Waals surface area contributed by atoms with Crippen LogP contribution in [0.15, 0.2) is 30.7 Å². The molecule has 3 heterocycles. The van der Waals surface area contributed by atoms with E-state index < -0.39 is 0 Å². The number of H-pyrrole nitrogens is 1. The summed E-state index contributed by atoms with van der Waals surface area (Å²) in [6, 6.07) is 3.71. The van der Waals surface area contributed by atoms with Crippen LogP contribution in [0.25, 0.3) is 22.4 Å². The van der Waals surface area contributed by atoms with Gasteiger partial charge in [-0.2, -0.15) is 0 Å². The number of aromatic amines is 1. The molecule has 0 aliphatic heterocycles. The minimum atomic E-state index is 0.386. The quantitative estimate of drug-likeness (QED) is 0.711. The maximum atomic E-state index is 5.94. The average Bonchev–Trinajstić information content (AvgIpc) is 2.83. The number of rotatable bonds is 2. The van der Waals surface area contributed by atoms with E-state index in [1.165, 1.54) is 0 Å². The zero-order valence-corrected chi connectivity index (χ0v) is 9.71. The van der Waals surface area contributed by atoms with Crippen molar-refractivity contribution in [2.24, 2.45) is 0 Å². The molecule has 0 spiro atoms. The Morgan fingerprint density at radius 3 is 2.94 bits per heavy atom. The van der Waals surface area contributed by atoms with E-state index in [4.69, 9.17) is 10.5 Å². The van der Waals surface area contributed by atoms with Crippen molar-refractivity contribution in [1.82, 2.24) is 19.9 Å². The van der Waals surface area contributed by atoms with Gasteiger partial charge in [0.05, 0.1) is 7.11 Å². The van der Waals surface area contributed by atoms with E-state index in [1.54, 1.807) is 25.7 Å². The topological polar surface area (TPSA) is 89.7 Å². The van der Waals surface area contributed by atoms with Crippen molar-refractivity contribution >= 4 is 16.9 Å². The summed E-state index contributed by atoms with van der Waals surface area (Å²) in [6.07, 6.45) is 5.10. The second kappa shape index (κ2) is 3.99. The van der Waals surface area contributed by atoms with Gasteiger partial charge in [0, 0.05) is 24.2 Å². The van der Waals surface area contributed by atoms with Crippen molar-refractivity contribution in [2.45, 2.75) is 0 Å². The van der Waals surface area contributed by atoms with Gasteiger partial charge in [0.1, 0.15) is 22.6 Å². The summed E-state index contributed by atoms with van der Waals surface area (Å²) < 4.78 is 5.19. The molecule has 0 unspecified atom stereocenters. The minimum absolute atomic E-state index is 0.386. The van der Waals surface area contributed by atoms with Crippen LogP contribution in [0.5, 0.6) is 5.75 Å². The van der Waals surface area contributed by atoms with E-state index >= 15 is 0 Å². The van der Waals surface area contributed by atoms with E-state index in [9.17, 15) is 0 Å². The number of hydrogen-bond acceptors (Lipinski definition) is 5. The van der Waals surface area contributed by atoms with Gasteiger partial charge in [-0.25, -0.2) is 9.97 Å². The number of pyridine rings is 1. The number of aromatic nitrogens is 4. The molecule has 0 bridgehead atoms. The van der Waals surface area contributed by atoms with Gasteiger partial charge in [0.25, 0.3) is 0 Å². The van der Waals surface area contributed by atoms with Crippen LogP contribution in [0, 0.1) is 0 Å². The summed E-state index contributed by atoms with van der Waals surface area (Å²) in [4.78, 5) is 15.7. The first-order valence-electron chi connectivity index (χ1n) is 5.38. The summed E-state index contributed by atoms with van der Waals surface area (Å²) in [6.45, 7) is 0. The number of ether oxygens (including phenoxy) is 1. The molecular formula is C12H11N5O. The Labute approximate surface area is 103 Å². The SMILES string of the molecule is COc1c[nH]c2nc(-c3cccnc3)nc(N)c12. The molecule has 0 atom stereocenters. The lowest BCUT2D eigenvalue weighted by Gasteiger charge is -2.03. The average molecular weight is 241 g/mol. The van der Waals surface area contributed by atoms with Crippen molar-refractivity contribution in [1.29, 1.82) is 0 Å². The summed E-state index contributed by atoms with van der Waals surface area (Å²) in [5.74, 6) is 1.56. The van der Waals surface area contributed by atoms with Gasteiger partial charge < -0.3 is 15.5 Å². The maximum Gasteiger partial charge on any atom is 0.165 e. The summed E-state index contributed by atoms with van der Waals surface area (Å²) in [5, 5.41) is 0.699. The molecule has 90 valence electrons. The molecule has 0 radical (unpaired) electrons. The predicted octanol–water partition coefficient (Wildman–Crippen LogP) is 1.61. The van der Waals surface area contributed by atoms with Gasteiger partial charge in [-0.15, -0.1) is 0 Å². The third-order valence-corrected chi connectivity index (χ3v) is 2.66. The lowest BCUT2D eigenvalue weighted by molar-refractivity contribution is 0.420. The van der Waals surface area contributed by atoms with Crippen LogP contribution in [-0.4, -0.2) is 27.0 Å². The molecule has 0 aromatic carbocycles. The zero-order chi connectivity index (χ0) is 12.5. The smallest absolute Gasteiger partial charge is 0.165 e. The fraction of sp³-hybridized carbons (Fsp3) is 0.0833. The third kappa shape index (κ3) is 1.55. The molecule has 0 fully saturated rings. The highest BCUT2D eigenvalue weighted by molar-refractivity contribution is 5.93. The lowest BCUT2D eigenvalue weighted by atomic mass is 10.2. The second-order valence-electron chi connectivity index (χ2n) is 3.75. The highest BCUT2D eigenvalue weighted by Crippen LogP contribution is 2.29. The van der Waals surface area contributed by atoms with Gasteiger partial charge in [-0.1, -0.05) is 0 Å². The number of nitrogen functional groups attached to an aromatic ring is 1. The number of hydrogen-bond donors (Lipinski definition) is 2. The number of fused-ring (bicyclic) bond motifs is 1. The largest absolute Gasteiger partial charge is 0.494 e. The summed E-state index contributed by atoms with van der Waals surface area (Å²) >= 11 is 0. The van der Waals surface area contributed by atoms with Crippen molar-refractivity contribution in [3.63, 3.8) is 0 Å². The molecule has 0 saturated carbocycles. The van der Waals surface area contributed by atoms with Gasteiger partial charge >= 0.3 is 0 Å². The van der Waals surface area contributed by atoms with Crippen LogP contribution in [0.1, 0.15) is 0 Å². The van der Waals surface area contributed by atoms with Gasteiger partial charge in [0.15, 0.2) is 5.82 Å². The van der Waals surface area contributed by atoms with E-state index in [0.29, 0.717) is 28.4 Å². The Morgan fingerprint density at radius 1 is 1.33 bits per heavy atom. The van der Waals surface area contributed by atoms with Crippen molar-refractivity contribution < 1.29 is 4.74 Å². The monoisotopic (exact) mass is 241 g/mol. The fourth-order valence-corrected chi connectivity index (χ4v) is 1.82. The van der Waals surface area contributed by atoms with Crippen LogP contribution in [0.4, 0.5) is 5.82 Å². The van der Waals surface area contributed by atoms with Crippen LogP contribution >= 0.6 is 0 Å². The maximum absolute atomic E-state index is 5.94. The van der Waals surface area contributed by atoms with Crippen LogP contribution in [-0.2, 0) is 0 Å². The number of anilines is 1.